The van der Waals surface area contributed by atoms with Gasteiger partial charge in [-0.15, -0.1) is 10.2 Å². The molecule has 0 amide bonds. The van der Waals surface area contributed by atoms with E-state index in [1.807, 2.05) is 0 Å². The third-order valence-corrected chi connectivity index (χ3v) is 8.23. The van der Waals surface area contributed by atoms with E-state index in [1.54, 1.807) is 4.90 Å². The second-order valence-electron chi connectivity index (χ2n) is 8.93. The van der Waals surface area contributed by atoms with Crippen LogP contribution >= 0.6 is 0 Å². The summed E-state index contributed by atoms with van der Waals surface area (Å²) in [4.78, 5) is 17.9. The molecular formula is C22H28FN9O6S. The summed E-state index contributed by atoms with van der Waals surface area (Å²) in [5.41, 5.74) is 0.218. The summed E-state index contributed by atoms with van der Waals surface area (Å²) in [6, 6.07) is 0. The van der Waals surface area contributed by atoms with Gasteiger partial charge < -0.3 is 23.8 Å². The van der Waals surface area contributed by atoms with Gasteiger partial charge in [-0.3, -0.25) is 9.29 Å². The van der Waals surface area contributed by atoms with Crippen molar-refractivity contribution in [1.82, 2.24) is 34.7 Å². The Kier molecular flexibility index (Phi) is 7.72. The number of nitrogens with zero attached hydrogens (tertiary/aromatic N) is 8. The van der Waals surface area contributed by atoms with Gasteiger partial charge >= 0.3 is 0 Å². The number of ether oxygens (including phenoxy) is 4. The Bertz CT molecular complexity index is 1380. The average Bonchev–Trinajstić information content (AvgIpc) is 3.62. The summed E-state index contributed by atoms with van der Waals surface area (Å²) >= 11 is 0. The third kappa shape index (κ3) is 5.41. The van der Waals surface area contributed by atoms with Crippen LogP contribution in [0.4, 0.5) is 16.3 Å². The van der Waals surface area contributed by atoms with Crippen molar-refractivity contribution in [1.29, 1.82) is 0 Å². The fraction of sp³-hybridized carbons (Fsp3) is 0.545. The molecule has 5 heterocycles. The van der Waals surface area contributed by atoms with Crippen LogP contribution in [0.5, 0.6) is 11.8 Å². The lowest BCUT2D eigenvalue weighted by molar-refractivity contribution is 0.0898. The summed E-state index contributed by atoms with van der Waals surface area (Å²) in [5.74, 6) is 0.0728. The SMILES string of the molecule is COc1ncnc(OC)c1-n1c(NS(=O)(=O)[C@@H]2C[C@@H](OC)CN(c3ncc(F)cn3)C2)nnc1[C@@H]1CCCO1. The van der Waals surface area contributed by atoms with Crippen LogP contribution in [0, 0.1) is 5.82 Å². The molecule has 0 saturated carbocycles. The van der Waals surface area contributed by atoms with Crippen molar-refractivity contribution in [3.63, 3.8) is 0 Å². The van der Waals surface area contributed by atoms with E-state index in [9.17, 15) is 12.8 Å². The van der Waals surface area contributed by atoms with Gasteiger partial charge in [0, 0.05) is 26.8 Å². The monoisotopic (exact) mass is 565 g/mol. The standard InChI is InChI=1S/C22H28FN9O6S/c1-35-14-7-15(11-31(10-14)21-24-8-13(23)9-25-21)39(33,34)30-22-29-28-18(16-5-4-6-38-16)32(22)17-19(36-2)26-12-27-20(17)37-3/h8-9,12,14-16H,4-7,10-11H2,1-3H3,(H,29,30)/t14-,15-,16+/m1/s1. The number of piperidine rings is 1. The van der Waals surface area contributed by atoms with E-state index in [1.165, 1.54) is 32.2 Å². The van der Waals surface area contributed by atoms with Crippen molar-refractivity contribution in [2.75, 3.05) is 50.6 Å². The van der Waals surface area contributed by atoms with E-state index in [0.29, 0.717) is 25.4 Å². The maximum absolute atomic E-state index is 13.8. The number of anilines is 2. The highest BCUT2D eigenvalue weighted by Gasteiger charge is 2.39. The maximum atomic E-state index is 13.8. The maximum Gasteiger partial charge on any atom is 0.245 e. The van der Waals surface area contributed by atoms with E-state index in [-0.39, 0.29) is 42.3 Å². The van der Waals surface area contributed by atoms with Crippen LogP contribution in [0.2, 0.25) is 0 Å². The number of halogens is 1. The first-order valence-electron chi connectivity index (χ1n) is 12.1. The van der Waals surface area contributed by atoms with Crippen LogP contribution < -0.4 is 19.1 Å². The number of hydrogen-bond acceptors (Lipinski definition) is 13. The zero-order valence-corrected chi connectivity index (χ0v) is 22.3. The number of sulfonamides is 1. The molecule has 210 valence electrons. The van der Waals surface area contributed by atoms with Crippen molar-refractivity contribution < 1.29 is 31.8 Å². The van der Waals surface area contributed by atoms with Gasteiger partial charge in [-0.25, -0.2) is 22.8 Å². The topological polar surface area (TPSA) is 169 Å². The molecular weight excluding hydrogens is 537 g/mol. The largest absolute Gasteiger partial charge is 0.479 e. The molecule has 2 saturated heterocycles. The Balaban J connectivity index is 1.52. The summed E-state index contributed by atoms with van der Waals surface area (Å²) in [7, 11) is 0.241. The Hall–Kier alpha value is -3.70. The molecule has 1 N–H and O–H groups in total. The van der Waals surface area contributed by atoms with Crippen LogP contribution in [-0.2, 0) is 19.5 Å². The van der Waals surface area contributed by atoms with Gasteiger partial charge in [0.2, 0.25) is 33.7 Å². The molecule has 2 aliphatic heterocycles. The summed E-state index contributed by atoms with van der Waals surface area (Å²) in [6.07, 6.45) is 4.09. The summed E-state index contributed by atoms with van der Waals surface area (Å²) in [5, 5.41) is 7.46. The second kappa shape index (κ2) is 11.2. The molecule has 3 aromatic rings. The third-order valence-electron chi connectivity index (χ3n) is 6.54. The molecule has 3 aromatic heterocycles. The lowest BCUT2D eigenvalue weighted by Gasteiger charge is -2.36. The molecule has 17 heteroatoms. The number of aromatic nitrogens is 7. The minimum absolute atomic E-state index is 0.0364. The fourth-order valence-corrected chi connectivity index (χ4v) is 6.05. The Morgan fingerprint density at radius 2 is 1.77 bits per heavy atom. The lowest BCUT2D eigenvalue weighted by Crippen LogP contribution is -2.51. The van der Waals surface area contributed by atoms with Gasteiger partial charge in [0.1, 0.15) is 17.7 Å². The molecule has 0 bridgehead atoms. The molecule has 0 aliphatic carbocycles. The van der Waals surface area contributed by atoms with E-state index >= 15 is 0 Å². The minimum atomic E-state index is -4.10. The Morgan fingerprint density at radius 3 is 2.38 bits per heavy atom. The molecule has 0 unspecified atom stereocenters. The van der Waals surface area contributed by atoms with E-state index in [2.05, 4.69) is 34.9 Å². The smallest absolute Gasteiger partial charge is 0.245 e. The van der Waals surface area contributed by atoms with Crippen molar-refractivity contribution in [2.24, 2.45) is 0 Å². The highest BCUT2D eigenvalue weighted by atomic mass is 32.2. The molecule has 39 heavy (non-hydrogen) atoms. The van der Waals surface area contributed by atoms with Crippen molar-refractivity contribution in [3.8, 4) is 17.4 Å². The van der Waals surface area contributed by atoms with Gasteiger partial charge in [-0.05, 0) is 19.3 Å². The number of rotatable bonds is 9. The predicted molar refractivity (Wildman–Crippen MR) is 134 cm³/mol. The van der Waals surface area contributed by atoms with Gasteiger partial charge in [0.15, 0.2) is 17.3 Å². The second-order valence-corrected chi connectivity index (χ2v) is 10.9. The molecule has 5 rings (SSSR count). The number of hydrogen-bond donors (Lipinski definition) is 1. The van der Waals surface area contributed by atoms with Crippen molar-refractivity contribution in [3.05, 3.63) is 30.4 Å². The molecule has 15 nitrogen and oxygen atoms in total. The highest BCUT2D eigenvalue weighted by molar-refractivity contribution is 7.93. The van der Waals surface area contributed by atoms with Gasteiger partial charge in [0.05, 0.1) is 32.7 Å². The Morgan fingerprint density at radius 1 is 1.05 bits per heavy atom. The molecule has 2 aliphatic rings. The molecule has 3 atom stereocenters. The van der Waals surface area contributed by atoms with Gasteiger partial charge in [0.25, 0.3) is 0 Å². The molecule has 0 aromatic carbocycles. The highest BCUT2D eigenvalue weighted by Crippen LogP contribution is 2.37. The van der Waals surface area contributed by atoms with Gasteiger partial charge in [-0.2, -0.15) is 9.97 Å². The zero-order valence-electron chi connectivity index (χ0n) is 21.5. The van der Waals surface area contributed by atoms with E-state index < -0.39 is 33.3 Å². The summed E-state index contributed by atoms with van der Waals surface area (Å²) < 4.78 is 67.2. The fourth-order valence-electron chi connectivity index (χ4n) is 4.66. The van der Waals surface area contributed by atoms with E-state index in [0.717, 1.165) is 18.8 Å². The average molecular weight is 566 g/mol. The van der Waals surface area contributed by atoms with Crippen LogP contribution in [0.25, 0.3) is 5.69 Å². The van der Waals surface area contributed by atoms with Crippen LogP contribution in [-0.4, -0.2) is 95.5 Å². The van der Waals surface area contributed by atoms with Crippen LogP contribution in [0.15, 0.2) is 18.7 Å². The number of methoxy groups -OCH3 is 3. The lowest BCUT2D eigenvalue weighted by atomic mass is 10.1. The molecule has 2 fully saturated rings. The van der Waals surface area contributed by atoms with E-state index in [4.69, 9.17) is 18.9 Å². The van der Waals surface area contributed by atoms with Crippen molar-refractivity contribution in [2.45, 2.75) is 36.7 Å². The molecule has 0 radical (unpaired) electrons. The quantitative estimate of drug-likeness (QED) is 0.389. The summed E-state index contributed by atoms with van der Waals surface area (Å²) in [6.45, 7) is 0.901. The Labute approximate surface area is 223 Å². The van der Waals surface area contributed by atoms with Gasteiger partial charge in [-0.1, -0.05) is 0 Å². The van der Waals surface area contributed by atoms with Crippen molar-refractivity contribution >= 4 is 21.9 Å². The first-order chi connectivity index (χ1) is 18.8. The normalized spacial score (nSPS) is 21.6. The zero-order chi connectivity index (χ0) is 27.6. The molecule has 0 spiro atoms. The number of nitrogens with one attached hydrogen (secondary N) is 1. The first kappa shape index (κ1) is 26.9. The minimum Gasteiger partial charge on any atom is -0.479 e. The first-order valence-corrected chi connectivity index (χ1v) is 13.7. The van der Waals surface area contributed by atoms with Crippen LogP contribution in [0.1, 0.15) is 31.2 Å². The van der Waals surface area contributed by atoms with Crippen LogP contribution in [0.3, 0.4) is 0 Å². The predicted octanol–water partition coefficient (Wildman–Crippen LogP) is 0.891.